The minimum atomic E-state index is -0.705. The Kier molecular flexibility index (Phi) is 8.57. The molecule has 0 aliphatic carbocycles. The van der Waals surface area contributed by atoms with Gasteiger partial charge in [-0.2, -0.15) is 0 Å². The molecule has 1 aromatic carbocycles. The fourth-order valence-electron chi connectivity index (χ4n) is 1.85. The van der Waals surface area contributed by atoms with Gasteiger partial charge in [0.15, 0.2) is 6.61 Å². The molecular formula is C16H20Cl2N2O4. The summed E-state index contributed by atoms with van der Waals surface area (Å²) in [5.41, 5.74) is 0.267. The van der Waals surface area contributed by atoms with Crippen molar-refractivity contribution in [3.63, 3.8) is 0 Å². The van der Waals surface area contributed by atoms with Crippen LogP contribution in [0.25, 0.3) is 0 Å². The van der Waals surface area contributed by atoms with Crippen molar-refractivity contribution in [3.8, 4) is 0 Å². The lowest BCUT2D eigenvalue weighted by molar-refractivity contribution is -0.147. The van der Waals surface area contributed by atoms with Crippen LogP contribution in [0.4, 0.5) is 0 Å². The number of ether oxygens (including phenoxy) is 1. The van der Waals surface area contributed by atoms with Gasteiger partial charge in [0, 0.05) is 11.6 Å². The van der Waals surface area contributed by atoms with Gasteiger partial charge in [-0.3, -0.25) is 14.4 Å². The van der Waals surface area contributed by atoms with E-state index in [9.17, 15) is 14.4 Å². The van der Waals surface area contributed by atoms with Gasteiger partial charge in [-0.25, -0.2) is 0 Å². The normalized spacial score (nSPS) is 10.4. The number of esters is 1. The second-order valence-electron chi connectivity index (χ2n) is 5.05. The first-order chi connectivity index (χ1) is 11.4. The molecule has 8 heteroatoms. The van der Waals surface area contributed by atoms with Crippen molar-refractivity contribution >= 4 is 41.0 Å². The molecule has 2 N–H and O–H groups in total. The molecule has 0 saturated carbocycles. The van der Waals surface area contributed by atoms with Crippen LogP contribution in [-0.2, 0) is 14.3 Å². The molecule has 0 radical (unpaired) electrons. The SMILES string of the molecule is CCC(CC)NC(=O)COC(=O)CNC(=O)c1ccc(Cl)c(Cl)c1. The molecule has 6 nitrogen and oxygen atoms in total. The lowest BCUT2D eigenvalue weighted by Crippen LogP contribution is -2.38. The van der Waals surface area contributed by atoms with Crippen LogP contribution in [0.1, 0.15) is 37.0 Å². The van der Waals surface area contributed by atoms with Gasteiger partial charge >= 0.3 is 5.97 Å². The summed E-state index contributed by atoms with van der Waals surface area (Å²) in [6.45, 7) is 3.19. The Morgan fingerprint density at radius 1 is 1.12 bits per heavy atom. The van der Waals surface area contributed by atoms with Gasteiger partial charge in [-0.15, -0.1) is 0 Å². The molecule has 0 aliphatic rings. The standard InChI is InChI=1S/C16H20Cl2N2O4/c1-3-11(4-2)20-14(21)9-24-15(22)8-19-16(23)10-5-6-12(17)13(18)7-10/h5-7,11H,3-4,8-9H2,1-2H3,(H,19,23)(H,20,21). The molecule has 0 bridgehead atoms. The largest absolute Gasteiger partial charge is 0.454 e. The Morgan fingerprint density at radius 3 is 2.38 bits per heavy atom. The molecule has 132 valence electrons. The van der Waals surface area contributed by atoms with Crippen molar-refractivity contribution in [1.82, 2.24) is 10.6 Å². The number of carbonyl (C=O) groups excluding carboxylic acids is 3. The Labute approximate surface area is 150 Å². The number of rotatable bonds is 8. The molecule has 0 saturated heterocycles. The van der Waals surface area contributed by atoms with Crippen molar-refractivity contribution in [2.75, 3.05) is 13.2 Å². The number of hydrogen-bond acceptors (Lipinski definition) is 4. The van der Waals surface area contributed by atoms with E-state index in [1.54, 1.807) is 0 Å². The Balaban J connectivity index is 2.36. The van der Waals surface area contributed by atoms with Gasteiger partial charge in [0.2, 0.25) is 0 Å². The predicted octanol–water partition coefficient (Wildman–Crippen LogP) is 2.57. The highest BCUT2D eigenvalue weighted by Gasteiger charge is 2.13. The van der Waals surface area contributed by atoms with Gasteiger partial charge in [-0.05, 0) is 31.0 Å². The van der Waals surface area contributed by atoms with Crippen molar-refractivity contribution in [2.45, 2.75) is 32.7 Å². The summed E-state index contributed by atoms with van der Waals surface area (Å²) >= 11 is 11.6. The van der Waals surface area contributed by atoms with E-state index >= 15 is 0 Å². The summed E-state index contributed by atoms with van der Waals surface area (Å²) in [5, 5.41) is 5.70. The molecule has 0 aromatic heterocycles. The average molecular weight is 375 g/mol. The van der Waals surface area contributed by atoms with Crippen molar-refractivity contribution in [2.24, 2.45) is 0 Å². The zero-order valence-corrected chi connectivity index (χ0v) is 15.0. The predicted molar refractivity (Wildman–Crippen MR) is 92.3 cm³/mol. The average Bonchev–Trinajstić information content (AvgIpc) is 2.57. The Hall–Kier alpha value is -1.79. The fourth-order valence-corrected chi connectivity index (χ4v) is 2.15. The number of carbonyl (C=O) groups is 3. The summed E-state index contributed by atoms with van der Waals surface area (Å²) in [6, 6.07) is 4.43. The first-order valence-electron chi connectivity index (χ1n) is 7.55. The number of amides is 2. The van der Waals surface area contributed by atoms with E-state index in [0.717, 1.165) is 12.8 Å². The van der Waals surface area contributed by atoms with Crippen molar-refractivity contribution in [3.05, 3.63) is 33.8 Å². The van der Waals surface area contributed by atoms with E-state index in [4.69, 9.17) is 27.9 Å². The number of hydrogen-bond donors (Lipinski definition) is 2. The Morgan fingerprint density at radius 2 is 1.79 bits per heavy atom. The fraction of sp³-hybridized carbons (Fsp3) is 0.438. The lowest BCUT2D eigenvalue weighted by atomic mass is 10.2. The highest BCUT2D eigenvalue weighted by atomic mass is 35.5. The van der Waals surface area contributed by atoms with Crippen LogP contribution in [-0.4, -0.2) is 37.0 Å². The van der Waals surface area contributed by atoms with Crippen LogP contribution in [0.2, 0.25) is 10.0 Å². The second kappa shape index (κ2) is 10.2. The van der Waals surface area contributed by atoms with Crippen molar-refractivity contribution < 1.29 is 19.1 Å². The number of nitrogens with one attached hydrogen (secondary N) is 2. The first-order valence-corrected chi connectivity index (χ1v) is 8.31. The zero-order chi connectivity index (χ0) is 18.1. The van der Waals surface area contributed by atoms with Crippen LogP contribution in [0.3, 0.4) is 0 Å². The molecule has 0 heterocycles. The maximum atomic E-state index is 11.9. The molecule has 0 aliphatic heterocycles. The maximum absolute atomic E-state index is 11.9. The topological polar surface area (TPSA) is 84.5 Å². The molecular weight excluding hydrogens is 355 g/mol. The lowest BCUT2D eigenvalue weighted by Gasteiger charge is -2.14. The maximum Gasteiger partial charge on any atom is 0.325 e. The first kappa shape index (κ1) is 20.3. The minimum absolute atomic E-state index is 0.0607. The van der Waals surface area contributed by atoms with Crippen LogP contribution >= 0.6 is 23.2 Å². The summed E-state index contributed by atoms with van der Waals surface area (Å²) in [4.78, 5) is 35.0. The Bertz CT molecular complexity index is 604. The van der Waals surface area contributed by atoms with Crippen LogP contribution in [0.15, 0.2) is 18.2 Å². The van der Waals surface area contributed by atoms with Crippen LogP contribution in [0, 0.1) is 0 Å². The van der Waals surface area contributed by atoms with E-state index in [1.807, 2.05) is 13.8 Å². The van der Waals surface area contributed by atoms with Gasteiger partial charge in [0.25, 0.3) is 11.8 Å². The van der Waals surface area contributed by atoms with Crippen LogP contribution < -0.4 is 10.6 Å². The molecule has 0 atom stereocenters. The third-order valence-electron chi connectivity index (χ3n) is 3.29. The van der Waals surface area contributed by atoms with E-state index in [-0.39, 0.29) is 35.7 Å². The van der Waals surface area contributed by atoms with Gasteiger partial charge in [0.1, 0.15) is 6.54 Å². The van der Waals surface area contributed by atoms with E-state index in [1.165, 1.54) is 18.2 Å². The van der Waals surface area contributed by atoms with Gasteiger partial charge < -0.3 is 15.4 Å². The highest BCUT2D eigenvalue weighted by Crippen LogP contribution is 2.22. The molecule has 2 amide bonds. The highest BCUT2D eigenvalue weighted by molar-refractivity contribution is 6.42. The zero-order valence-electron chi connectivity index (χ0n) is 13.5. The second-order valence-corrected chi connectivity index (χ2v) is 5.87. The summed E-state index contributed by atoms with van der Waals surface area (Å²) in [7, 11) is 0. The molecule has 0 fully saturated rings. The molecule has 24 heavy (non-hydrogen) atoms. The molecule has 0 unspecified atom stereocenters. The third-order valence-corrected chi connectivity index (χ3v) is 4.03. The van der Waals surface area contributed by atoms with E-state index in [0.29, 0.717) is 5.02 Å². The molecule has 1 rings (SSSR count). The van der Waals surface area contributed by atoms with E-state index in [2.05, 4.69) is 10.6 Å². The minimum Gasteiger partial charge on any atom is -0.454 e. The molecule has 1 aromatic rings. The quantitative estimate of drug-likeness (QED) is 0.684. The van der Waals surface area contributed by atoms with Crippen molar-refractivity contribution in [1.29, 1.82) is 0 Å². The summed E-state index contributed by atoms with van der Waals surface area (Å²) in [5.74, 6) is -1.57. The van der Waals surface area contributed by atoms with Gasteiger partial charge in [0.05, 0.1) is 10.0 Å². The summed E-state index contributed by atoms with van der Waals surface area (Å²) < 4.78 is 4.81. The number of benzene rings is 1. The summed E-state index contributed by atoms with van der Waals surface area (Å²) in [6.07, 6.45) is 1.60. The third kappa shape index (κ3) is 6.76. The van der Waals surface area contributed by atoms with E-state index < -0.39 is 11.9 Å². The van der Waals surface area contributed by atoms with Crippen LogP contribution in [0.5, 0.6) is 0 Å². The monoisotopic (exact) mass is 374 g/mol. The van der Waals surface area contributed by atoms with Gasteiger partial charge in [-0.1, -0.05) is 37.0 Å². The number of halogens is 2. The smallest absolute Gasteiger partial charge is 0.325 e. The molecule has 0 spiro atoms.